The van der Waals surface area contributed by atoms with E-state index in [0.29, 0.717) is 11.1 Å². The zero-order valence-corrected chi connectivity index (χ0v) is 15.2. The summed E-state index contributed by atoms with van der Waals surface area (Å²) in [6.45, 7) is 6.85. The number of nitrogens with one attached hydrogen (secondary N) is 1. The van der Waals surface area contributed by atoms with Gasteiger partial charge in [0.15, 0.2) is 0 Å². The third-order valence-electron chi connectivity index (χ3n) is 3.35. The van der Waals surface area contributed by atoms with Gasteiger partial charge in [0.05, 0.1) is 18.9 Å². The fraction of sp³-hybridized carbons (Fsp3) is 0.500. The monoisotopic (exact) mass is 349 g/mol. The van der Waals surface area contributed by atoms with Crippen LogP contribution < -0.4 is 10.1 Å². The van der Waals surface area contributed by atoms with Gasteiger partial charge >= 0.3 is 0 Å². The van der Waals surface area contributed by atoms with Gasteiger partial charge in [-0.1, -0.05) is 43.8 Å². The van der Waals surface area contributed by atoms with Crippen LogP contribution in [0.2, 0.25) is 0 Å². The molecule has 24 heavy (non-hydrogen) atoms. The largest absolute Gasteiger partial charge is 0.496 e. The Kier molecular flexibility index (Phi) is 6.60. The van der Waals surface area contributed by atoms with Gasteiger partial charge in [-0.3, -0.25) is 4.79 Å². The number of rotatable bonds is 8. The van der Waals surface area contributed by atoms with Crippen LogP contribution in [0.1, 0.15) is 32.4 Å². The summed E-state index contributed by atoms with van der Waals surface area (Å²) < 4.78 is 7.06. The van der Waals surface area contributed by atoms with Gasteiger partial charge in [0, 0.05) is 12.1 Å². The van der Waals surface area contributed by atoms with Crippen LogP contribution in [0.25, 0.3) is 0 Å². The van der Waals surface area contributed by atoms with Gasteiger partial charge < -0.3 is 10.1 Å². The molecule has 0 aliphatic rings. The third kappa shape index (κ3) is 4.95. The van der Waals surface area contributed by atoms with Crippen molar-refractivity contribution >= 4 is 17.7 Å². The molecule has 1 N–H and O–H groups in total. The number of para-hydroxylation sites is 1. The second-order valence-corrected chi connectivity index (χ2v) is 6.80. The van der Waals surface area contributed by atoms with Gasteiger partial charge in [-0.05, 0) is 29.3 Å². The number of hydrogen-bond acceptors (Lipinski definition) is 6. The van der Waals surface area contributed by atoms with Crippen LogP contribution in [0, 0.1) is 5.92 Å². The number of tetrazole rings is 1. The molecule has 0 aliphatic carbocycles. The Morgan fingerprint density at radius 1 is 1.33 bits per heavy atom. The van der Waals surface area contributed by atoms with E-state index >= 15 is 0 Å². The smallest absolute Gasteiger partial charge is 0.230 e. The minimum Gasteiger partial charge on any atom is -0.496 e. The lowest BCUT2D eigenvalue weighted by Crippen LogP contribution is -2.28. The zero-order valence-electron chi connectivity index (χ0n) is 14.4. The molecule has 1 unspecified atom stereocenters. The SMILES string of the molecule is COc1ccccc1C(C)NC(=O)CSc1nnnn1CC(C)C. The van der Waals surface area contributed by atoms with Crippen molar-refractivity contribution in [1.29, 1.82) is 0 Å². The lowest BCUT2D eigenvalue weighted by Gasteiger charge is -2.17. The predicted octanol–water partition coefficient (Wildman–Crippen LogP) is 2.31. The van der Waals surface area contributed by atoms with Gasteiger partial charge in [-0.2, -0.15) is 0 Å². The molecule has 8 heteroatoms. The number of carbonyl (C=O) groups is 1. The first-order chi connectivity index (χ1) is 11.5. The topological polar surface area (TPSA) is 81.9 Å². The van der Waals surface area contributed by atoms with Crippen molar-refractivity contribution in [3.8, 4) is 5.75 Å². The van der Waals surface area contributed by atoms with E-state index in [-0.39, 0.29) is 17.7 Å². The molecule has 130 valence electrons. The molecule has 1 amide bonds. The molecule has 0 saturated heterocycles. The van der Waals surface area contributed by atoms with Gasteiger partial charge in [0.25, 0.3) is 0 Å². The van der Waals surface area contributed by atoms with Gasteiger partial charge in [-0.15, -0.1) is 5.10 Å². The zero-order chi connectivity index (χ0) is 17.5. The highest BCUT2D eigenvalue weighted by molar-refractivity contribution is 7.99. The summed E-state index contributed by atoms with van der Waals surface area (Å²) in [5, 5.41) is 15.2. The molecule has 0 aliphatic heterocycles. The Morgan fingerprint density at radius 2 is 2.08 bits per heavy atom. The molecular weight excluding hydrogens is 326 g/mol. The van der Waals surface area contributed by atoms with Crippen molar-refractivity contribution in [2.75, 3.05) is 12.9 Å². The third-order valence-corrected chi connectivity index (χ3v) is 4.31. The van der Waals surface area contributed by atoms with Crippen molar-refractivity contribution in [2.24, 2.45) is 5.92 Å². The number of nitrogens with zero attached hydrogens (tertiary/aromatic N) is 4. The molecule has 7 nitrogen and oxygen atoms in total. The summed E-state index contributed by atoms with van der Waals surface area (Å²) in [6, 6.07) is 7.52. The highest BCUT2D eigenvalue weighted by Crippen LogP contribution is 2.24. The second-order valence-electron chi connectivity index (χ2n) is 5.86. The summed E-state index contributed by atoms with van der Waals surface area (Å²) in [4.78, 5) is 12.2. The van der Waals surface area contributed by atoms with E-state index in [1.807, 2.05) is 31.2 Å². The van der Waals surface area contributed by atoms with E-state index in [1.165, 1.54) is 11.8 Å². The van der Waals surface area contributed by atoms with Gasteiger partial charge in [0.2, 0.25) is 11.1 Å². The molecule has 1 heterocycles. The van der Waals surface area contributed by atoms with Crippen LogP contribution >= 0.6 is 11.8 Å². The van der Waals surface area contributed by atoms with Crippen molar-refractivity contribution in [3.63, 3.8) is 0 Å². The number of amides is 1. The first-order valence-electron chi connectivity index (χ1n) is 7.82. The maximum Gasteiger partial charge on any atom is 0.230 e. The van der Waals surface area contributed by atoms with Crippen LogP contribution in [-0.2, 0) is 11.3 Å². The number of methoxy groups -OCH3 is 1. The minimum atomic E-state index is -0.138. The first kappa shape index (κ1) is 18.3. The van der Waals surface area contributed by atoms with Crippen LogP contribution in [0.15, 0.2) is 29.4 Å². The average molecular weight is 349 g/mol. The van der Waals surface area contributed by atoms with Crippen molar-refractivity contribution in [1.82, 2.24) is 25.5 Å². The van der Waals surface area contributed by atoms with E-state index in [9.17, 15) is 4.79 Å². The van der Waals surface area contributed by atoms with Gasteiger partial charge in [0.1, 0.15) is 5.75 Å². The van der Waals surface area contributed by atoms with Crippen molar-refractivity contribution < 1.29 is 9.53 Å². The predicted molar refractivity (Wildman–Crippen MR) is 92.9 cm³/mol. The number of thioether (sulfide) groups is 1. The standard InChI is InChI=1S/C16H23N5O2S/c1-11(2)9-21-16(18-19-20-21)24-10-15(22)17-12(3)13-7-5-6-8-14(13)23-4/h5-8,11-12H,9-10H2,1-4H3,(H,17,22). The lowest BCUT2D eigenvalue weighted by atomic mass is 10.1. The Bertz CT molecular complexity index is 674. The van der Waals surface area contributed by atoms with E-state index in [1.54, 1.807) is 11.8 Å². The summed E-state index contributed by atoms with van der Waals surface area (Å²) in [5.74, 6) is 1.39. The molecule has 1 aromatic carbocycles. The molecule has 0 bridgehead atoms. The van der Waals surface area contributed by atoms with E-state index < -0.39 is 0 Å². The number of benzene rings is 1. The van der Waals surface area contributed by atoms with E-state index in [4.69, 9.17) is 4.74 Å². The number of aromatic nitrogens is 4. The molecule has 2 aromatic rings. The normalized spacial score (nSPS) is 12.2. The molecule has 0 radical (unpaired) electrons. The molecular formula is C16H23N5O2S. The van der Waals surface area contributed by atoms with Crippen molar-refractivity contribution in [3.05, 3.63) is 29.8 Å². The maximum atomic E-state index is 12.2. The molecule has 0 fully saturated rings. The Balaban J connectivity index is 1.90. The Morgan fingerprint density at radius 3 is 2.79 bits per heavy atom. The lowest BCUT2D eigenvalue weighted by molar-refractivity contribution is -0.119. The van der Waals surface area contributed by atoms with Crippen molar-refractivity contribution in [2.45, 2.75) is 38.5 Å². The van der Waals surface area contributed by atoms with Crippen LogP contribution in [0.5, 0.6) is 5.75 Å². The average Bonchev–Trinajstić information content (AvgIpc) is 2.99. The fourth-order valence-electron chi connectivity index (χ4n) is 2.28. The number of carbonyl (C=O) groups excluding carboxylic acids is 1. The van der Waals surface area contributed by atoms with Gasteiger partial charge in [-0.25, -0.2) is 4.68 Å². The molecule has 2 rings (SSSR count). The quantitative estimate of drug-likeness (QED) is 0.737. The highest BCUT2D eigenvalue weighted by Gasteiger charge is 2.15. The highest BCUT2D eigenvalue weighted by atomic mass is 32.2. The molecule has 1 aromatic heterocycles. The minimum absolute atomic E-state index is 0.0718. The van der Waals surface area contributed by atoms with Crippen LogP contribution in [0.4, 0.5) is 0 Å². The van der Waals surface area contributed by atoms with E-state index in [2.05, 4.69) is 34.7 Å². The molecule has 1 atom stereocenters. The Hall–Kier alpha value is -2.09. The molecule has 0 spiro atoms. The fourth-order valence-corrected chi connectivity index (χ4v) is 2.97. The molecule has 0 saturated carbocycles. The van der Waals surface area contributed by atoms with E-state index in [0.717, 1.165) is 17.9 Å². The summed E-state index contributed by atoms with van der Waals surface area (Å²) in [5.41, 5.74) is 0.947. The Labute approximate surface area is 146 Å². The van der Waals surface area contributed by atoms with Crippen LogP contribution in [-0.4, -0.2) is 39.0 Å². The second kappa shape index (κ2) is 8.68. The van der Waals surface area contributed by atoms with Crippen LogP contribution in [0.3, 0.4) is 0 Å². The maximum absolute atomic E-state index is 12.2. The first-order valence-corrected chi connectivity index (χ1v) is 8.81. The summed E-state index contributed by atoms with van der Waals surface area (Å²) in [7, 11) is 1.62. The number of hydrogen-bond donors (Lipinski definition) is 1. The summed E-state index contributed by atoms with van der Waals surface area (Å²) in [6.07, 6.45) is 0. The number of ether oxygens (including phenoxy) is 1. The summed E-state index contributed by atoms with van der Waals surface area (Å²) >= 11 is 1.33.